The first-order chi connectivity index (χ1) is 7.04. The summed E-state index contributed by atoms with van der Waals surface area (Å²) in [5, 5.41) is 8.47. The SMILES string of the molecule is N#CC(CN1CCCCCC1)C(F)(F)F. The largest absolute Gasteiger partial charge is 0.405 e. The number of halogens is 3. The molecule has 1 aliphatic rings. The van der Waals surface area contributed by atoms with E-state index in [1.807, 2.05) is 0 Å². The number of nitriles is 1. The third kappa shape index (κ3) is 4.08. The Morgan fingerprint density at radius 3 is 2.07 bits per heavy atom. The van der Waals surface area contributed by atoms with E-state index in [0.29, 0.717) is 13.1 Å². The molecule has 0 aromatic carbocycles. The van der Waals surface area contributed by atoms with Crippen LogP contribution in [0.2, 0.25) is 0 Å². The number of nitrogens with zero attached hydrogens (tertiary/aromatic N) is 2. The molecule has 1 rings (SSSR count). The van der Waals surface area contributed by atoms with Gasteiger partial charge in [0.1, 0.15) is 0 Å². The van der Waals surface area contributed by atoms with Crippen molar-refractivity contribution in [3.05, 3.63) is 0 Å². The van der Waals surface area contributed by atoms with Crippen molar-refractivity contribution in [3.63, 3.8) is 0 Å². The van der Waals surface area contributed by atoms with E-state index in [9.17, 15) is 13.2 Å². The summed E-state index contributed by atoms with van der Waals surface area (Å²) in [5.74, 6) is -1.84. The molecule has 1 unspecified atom stereocenters. The highest BCUT2D eigenvalue weighted by Gasteiger charge is 2.40. The second-order valence-electron chi connectivity index (χ2n) is 3.94. The van der Waals surface area contributed by atoms with Crippen LogP contribution in [0.3, 0.4) is 0 Å². The van der Waals surface area contributed by atoms with Gasteiger partial charge in [0.15, 0.2) is 5.92 Å². The second-order valence-corrected chi connectivity index (χ2v) is 3.94. The molecular formula is C10H15F3N2. The summed E-state index contributed by atoms with van der Waals surface area (Å²) >= 11 is 0. The van der Waals surface area contributed by atoms with Crippen molar-refractivity contribution in [1.82, 2.24) is 4.90 Å². The summed E-state index contributed by atoms with van der Waals surface area (Å²) in [4.78, 5) is 1.76. The van der Waals surface area contributed by atoms with Crippen LogP contribution in [0.25, 0.3) is 0 Å². The Kier molecular flexibility index (Phi) is 4.40. The van der Waals surface area contributed by atoms with Gasteiger partial charge in [-0.3, -0.25) is 0 Å². The highest BCUT2D eigenvalue weighted by Crippen LogP contribution is 2.27. The molecule has 1 heterocycles. The zero-order chi connectivity index (χ0) is 11.3. The van der Waals surface area contributed by atoms with Crippen molar-refractivity contribution in [2.45, 2.75) is 31.9 Å². The lowest BCUT2D eigenvalue weighted by Gasteiger charge is -2.23. The molecule has 1 fully saturated rings. The van der Waals surface area contributed by atoms with Crippen LogP contribution in [0.1, 0.15) is 25.7 Å². The lowest BCUT2D eigenvalue weighted by Crippen LogP contribution is -2.36. The molecule has 2 nitrogen and oxygen atoms in total. The molecule has 0 bridgehead atoms. The molecule has 0 spiro atoms. The average molecular weight is 220 g/mol. The van der Waals surface area contributed by atoms with Crippen LogP contribution in [-0.4, -0.2) is 30.7 Å². The standard InChI is InChI=1S/C10H15F3N2/c11-10(12,13)9(7-14)8-15-5-3-1-2-4-6-15/h9H,1-6,8H2. The normalized spacial score (nSPS) is 21.7. The van der Waals surface area contributed by atoms with Gasteiger partial charge in [0.05, 0.1) is 6.07 Å². The van der Waals surface area contributed by atoms with Crippen LogP contribution in [0, 0.1) is 17.2 Å². The van der Waals surface area contributed by atoms with E-state index in [0.717, 1.165) is 25.7 Å². The van der Waals surface area contributed by atoms with Crippen molar-refractivity contribution in [1.29, 1.82) is 5.26 Å². The molecule has 1 aliphatic heterocycles. The summed E-state index contributed by atoms with van der Waals surface area (Å²) in [5.41, 5.74) is 0. The maximum atomic E-state index is 12.3. The summed E-state index contributed by atoms with van der Waals surface area (Å²) in [7, 11) is 0. The molecule has 0 saturated carbocycles. The summed E-state index contributed by atoms with van der Waals surface area (Å²) < 4.78 is 37.0. The third-order valence-corrected chi connectivity index (χ3v) is 2.69. The third-order valence-electron chi connectivity index (χ3n) is 2.69. The molecule has 0 radical (unpaired) electrons. The van der Waals surface area contributed by atoms with Gasteiger partial charge in [-0.25, -0.2) is 0 Å². The van der Waals surface area contributed by atoms with Gasteiger partial charge in [-0.2, -0.15) is 18.4 Å². The van der Waals surface area contributed by atoms with Crippen molar-refractivity contribution in [2.75, 3.05) is 19.6 Å². The highest BCUT2D eigenvalue weighted by molar-refractivity contribution is 4.90. The Labute approximate surface area is 87.7 Å². The van der Waals surface area contributed by atoms with Crippen LogP contribution in [0.4, 0.5) is 13.2 Å². The maximum absolute atomic E-state index is 12.3. The molecule has 1 saturated heterocycles. The Bertz CT molecular complexity index is 224. The van der Waals surface area contributed by atoms with Crippen molar-refractivity contribution < 1.29 is 13.2 Å². The van der Waals surface area contributed by atoms with Crippen LogP contribution < -0.4 is 0 Å². The quantitative estimate of drug-likeness (QED) is 0.715. The number of hydrogen-bond donors (Lipinski definition) is 0. The zero-order valence-electron chi connectivity index (χ0n) is 8.56. The zero-order valence-corrected chi connectivity index (χ0v) is 8.56. The van der Waals surface area contributed by atoms with E-state index >= 15 is 0 Å². The molecule has 0 aromatic heterocycles. The van der Waals surface area contributed by atoms with E-state index in [1.54, 1.807) is 4.90 Å². The monoisotopic (exact) mass is 220 g/mol. The minimum atomic E-state index is -4.39. The van der Waals surface area contributed by atoms with E-state index in [1.165, 1.54) is 6.07 Å². The highest BCUT2D eigenvalue weighted by atomic mass is 19.4. The van der Waals surface area contributed by atoms with Gasteiger partial charge in [0.2, 0.25) is 0 Å². The summed E-state index contributed by atoms with van der Waals surface area (Å²) in [6.45, 7) is 1.21. The molecule has 0 aliphatic carbocycles. The Hall–Kier alpha value is -0.760. The molecule has 0 amide bonds. The van der Waals surface area contributed by atoms with Gasteiger partial charge < -0.3 is 4.90 Å². The van der Waals surface area contributed by atoms with E-state index in [2.05, 4.69) is 0 Å². The molecule has 0 aromatic rings. The summed E-state index contributed by atoms with van der Waals surface area (Å²) in [6, 6.07) is 1.34. The van der Waals surface area contributed by atoms with Crippen molar-refractivity contribution in [2.24, 2.45) is 5.92 Å². The second kappa shape index (κ2) is 5.36. The fourth-order valence-electron chi connectivity index (χ4n) is 1.79. The van der Waals surface area contributed by atoms with Crippen LogP contribution in [-0.2, 0) is 0 Å². The minimum absolute atomic E-state index is 0.167. The number of hydrogen-bond acceptors (Lipinski definition) is 2. The van der Waals surface area contributed by atoms with Crippen LogP contribution >= 0.6 is 0 Å². The molecule has 15 heavy (non-hydrogen) atoms. The first-order valence-corrected chi connectivity index (χ1v) is 5.22. The Morgan fingerprint density at radius 2 is 1.67 bits per heavy atom. The average Bonchev–Trinajstić information content (AvgIpc) is 2.40. The van der Waals surface area contributed by atoms with Crippen LogP contribution in [0.15, 0.2) is 0 Å². The number of alkyl halides is 3. The molecule has 1 atom stereocenters. The maximum Gasteiger partial charge on any atom is 0.405 e. The van der Waals surface area contributed by atoms with Gasteiger partial charge >= 0.3 is 6.18 Å². The number of rotatable bonds is 2. The topological polar surface area (TPSA) is 27.0 Å². The minimum Gasteiger partial charge on any atom is -0.302 e. The predicted molar refractivity (Wildman–Crippen MR) is 50.1 cm³/mol. The smallest absolute Gasteiger partial charge is 0.302 e. The first-order valence-electron chi connectivity index (χ1n) is 5.22. The number of likely N-dealkylation sites (tertiary alicyclic amines) is 1. The molecular weight excluding hydrogens is 205 g/mol. The molecule has 86 valence electrons. The molecule has 5 heteroatoms. The molecule has 0 N–H and O–H groups in total. The van der Waals surface area contributed by atoms with Gasteiger partial charge in [-0.05, 0) is 25.9 Å². The lowest BCUT2D eigenvalue weighted by atomic mass is 10.1. The lowest BCUT2D eigenvalue weighted by molar-refractivity contribution is -0.163. The van der Waals surface area contributed by atoms with Gasteiger partial charge in [0, 0.05) is 6.54 Å². The fraction of sp³-hybridized carbons (Fsp3) is 0.900. The summed E-state index contributed by atoms with van der Waals surface area (Å²) in [6.07, 6.45) is -0.341. The van der Waals surface area contributed by atoms with E-state index < -0.39 is 12.1 Å². The Morgan fingerprint density at radius 1 is 1.13 bits per heavy atom. The van der Waals surface area contributed by atoms with Gasteiger partial charge in [-0.1, -0.05) is 12.8 Å². The van der Waals surface area contributed by atoms with Crippen molar-refractivity contribution >= 4 is 0 Å². The van der Waals surface area contributed by atoms with Crippen molar-refractivity contribution in [3.8, 4) is 6.07 Å². The fourth-order valence-corrected chi connectivity index (χ4v) is 1.79. The van der Waals surface area contributed by atoms with Gasteiger partial charge in [0.25, 0.3) is 0 Å². The van der Waals surface area contributed by atoms with E-state index in [-0.39, 0.29) is 6.54 Å². The van der Waals surface area contributed by atoms with Crippen LogP contribution in [0.5, 0.6) is 0 Å². The van der Waals surface area contributed by atoms with Gasteiger partial charge in [-0.15, -0.1) is 0 Å². The predicted octanol–water partition coefficient (Wildman–Crippen LogP) is 2.56. The Balaban J connectivity index is 2.47. The van der Waals surface area contributed by atoms with E-state index in [4.69, 9.17) is 5.26 Å². The first kappa shape index (κ1) is 12.3.